The second-order valence-corrected chi connectivity index (χ2v) is 7.11. The van der Waals surface area contributed by atoms with Gasteiger partial charge in [-0.15, -0.1) is 0 Å². The Labute approximate surface area is 88.4 Å². The fourth-order valence-electron chi connectivity index (χ4n) is 1.13. The third-order valence-corrected chi connectivity index (χ3v) is 5.04. The molecule has 4 N–H and O–H groups in total. The van der Waals surface area contributed by atoms with Crippen LogP contribution in [0.15, 0.2) is 0 Å². The van der Waals surface area contributed by atoms with Crippen molar-refractivity contribution >= 4 is 26.9 Å². The Morgan fingerprint density at radius 2 is 1.73 bits per heavy atom. The van der Waals surface area contributed by atoms with Gasteiger partial charge in [-0.1, -0.05) is 0 Å². The number of rotatable bonds is 2. The van der Waals surface area contributed by atoms with E-state index in [9.17, 15) is 22.3 Å². The van der Waals surface area contributed by atoms with E-state index in [1.807, 2.05) is 0 Å². The fourth-order valence-corrected chi connectivity index (χ4v) is 3.60. The van der Waals surface area contributed by atoms with E-state index in [0.29, 0.717) is 0 Å². The van der Waals surface area contributed by atoms with Crippen molar-refractivity contribution in [3.05, 3.63) is 0 Å². The van der Waals surface area contributed by atoms with Gasteiger partial charge in [0.25, 0.3) is 0 Å². The summed E-state index contributed by atoms with van der Waals surface area (Å²) < 4.78 is 43.3. The minimum atomic E-state index is -4.06. The third kappa shape index (κ3) is 3.50. The normalized spacial score (nSPS) is 24.4. The van der Waals surface area contributed by atoms with Crippen molar-refractivity contribution in [1.29, 1.82) is 0 Å². The van der Waals surface area contributed by atoms with E-state index in [2.05, 4.69) is 0 Å². The fraction of sp³-hybridized carbons (Fsp3) is 0.800. The average Bonchev–Trinajstić information content (AvgIpc) is 2.00. The van der Waals surface area contributed by atoms with Crippen molar-refractivity contribution in [2.75, 3.05) is 24.6 Å². The van der Waals surface area contributed by atoms with Gasteiger partial charge >= 0.3 is 16.3 Å². The molecular weight excluding hydrogens is 248 g/mol. The minimum Gasteiger partial charge on any atom is -0.464 e. The number of carboxylic acid groups (broad SMARTS) is 1. The highest BCUT2D eigenvalue weighted by molar-refractivity contribution is 8.24. The number of hydrogen-bond donors (Lipinski definition) is 4. The van der Waals surface area contributed by atoms with Gasteiger partial charge in [-0.25, -0.2) is 9.52 Å². The zero-order valence-corrected chi connectivity index (χ0v) is 9.29. The second kappa shape index (κ2) is 4.14. The molecule has 1 amide bonds. The maximum absolute atomic E-state index is 11.3. The molecule has 0 aromatic heterocycles. The van der Waals surface area contributed by atoms with Crippen LogP contribution in [0.5, 0.6) is 0 Å². The zero-order chi connectivity index (χ0) is 11.7. The number of amides is 1. The number of hydrogen-bond acceptors (Lipinski definition) is 5. The topological polar surface area (TPSA) is 127 Å². The molecule has 1 heterocycles. The lowest BCUT2D eigenvalue weighted by Gasteiger charge is -2.39. The van der Waals surface area contributed by atoms with Crippen LogP contribution in [0.25, 0.3) is 0 Å². The summed E-state index contributed by atoms with van der Waals surface area (Å²) in [5, 5.41) is 8.27. The highest BCUT2D eigenvalue weighted by Gasteiger charge is 2.31. The van der Waals surface area contributed by atoms with Crippen LogP contribution in [0.4, 0.5) is 4.79 Å². The zero-order valence-electron chi connectivity index (χ0n) is 7.66. The molecule has 1 rings (SSSR count). The SMILES string of the molecule is O=C(O)NS(=O)(=O)N1CCS(O)(O)CC1. The van der Waals surface area contributed by atoms with Crippen molar-refractivity contribution in [1.82, 2.24) is 9.03 Å². The lowest BCUT2D eigenvalue weighted by Crippen LogP contribution is -2.48. The lowest BCUT2D eigenvalue weighted by atomic mass is 10.6. The van der Waals surface area contributed by atoms with Crippen LogP contribution < -0.4 is 4.72 Å². The van der Waals surface area contributed by atoms with Crippen LogP contribution in [0.2, 0.25) is 0 Å². The molecule has 1 aliphatic heterocycles. The number of nitrogens with zero attached hydrogens (tertiary/aromatic N) is 1. The summed E-state index contributed by atoms with van der Waals surface area (Å²) in [6.45, 7) is -0.185. The molecule has 10 heteroatoms. The maximum atomic E-state index is 11.3. The van der Waals surface area contributed by atoms with Crippen LogP contribution in [-0.2, 0) is 10.2 Å². The molecule has 1 aliphatic rings. The highest BCUT2D eigenvalue weighted by atomic mass is 32.3. The summed E-state index contributed by atoms with van der Waals surface area (Å²) in [5.74, 6) is -0.124. The third-order valence-electron chi connectivity index (χ3n) is 1.89. The van der Waals surface area contributed by atoms with Crippen LogP contribution >= 0.6 is 10.6 Å². The Morgan fingerprint density at radius 3 is 2.13 bits per heavy atom. The van der Waals surface area contributed by atoms with Crippen molar-refractivity contribution in [2.24, 2.45) is 0 Å². The molecule has 1 saturated heterocycles. The first kappa shape index (κ1) is 12.5. The summed E-state index contributed by atoms with van der Waals surface area (Å²) >= 11 is 0. The molecule has 0 aromatic rings. The van der Waals surface area contributed by atoms with Gasteiger partial charge in [-0.2, -0.15) is 23.3 Å². The molecule has 0 spiro atoms. The summed E-state index contributed by atoms with van der Waals surface area (Å²) in [6, 6.07) is 0. The van der Waals surface area contributed by atoms with Crippen LogP contribution in [0.3, 0.4) is 0 Å². The molecule has 0 atom stereocenters. The largest absolute Gasteiger partial charge is 0.464 e. The van der Waals surface area contributed by atoms with Gasteiger partial charge in [0.2, 0.25) is 0 Å². The van der Waals surface area contributed by atoms with E-state index in [4.69, 9.17) is 5.11 Å². The van der Waals surface area contributed by atoms with Gasteiger partial charge in [-0.3, -0.25) is 9.11 Å². The molecule has 0 unspecified atom stereocenters. The average molecular weight is 260 g/mol. The van der Waals surface area contributed by atoms with E-state index >= 15 is 0 Å². The van der Waals surface area contributed by atoms with Gasteiger partial charge in [0.05, 0.1) is 11.5 Å². The Morgan fingerprint density at radius 1 is 1.27 bits per heavy atom. The number of carbonyl (C=O) groups is 1. The van der Waals surface area contributed by atoms with E-state index in [1.165, 1.54) is 4.72 Å². The smallest absolute Gasteiger partial charge is 0.419 e. The molecule has 0 saturated carbocycles. The van der Waals surface area contributed by atoms with Crippen molar-refractivity contribution < 1.29 is 27.4 Å². The lowest BCUT2D eigenvalue weighted by molar-refractivity contribution is 0.200. The Balaban J connectivity index is 2.64. The van der Waals surface area contributed by atoms with Gasteiger partial charge in [0.15, 0.2) is 0 Å². The van der Waals surface area contributed by atoms with Gasteiger partial charge in [0.1, 0.15) is 0 Å². The summed E-state index contributed by atoms with van der Waals surface area (Å²) in [4.78, 5) is 10.2. The molecule has 0 aromatic carbocycles. The summed E-state index contributed by atoms with van der Waals surface area (Å²) in [6.07, 6.45) is -1.66. The van der Waals surface area contributed by atoms with Gasteiger partial charge < -0.3 is 5.11 Å². The first-order chi connectivity index (χ1) is 6.73. The predicted octanol–water partition coefficient (Wildman–Crippen LogP) is -0.435. The minimum absolute atomic E-state index is 0.0620. The van der Waals surface area contributed by atoms with Crippen LogP contribution in [0, 0.1) is 0 Å². The van der Waals surface area contributed by atoms with Crippen molar-refractivity contribution in [2.45, 2.75) is 0 Å². The summed E-state index contributed by atoms with van der Waals surface area (Å²) in [5.41, 5.74) is 0. The maximum Gasteiger partial charge on any atom is 0.419 e. The number of nitrogens with one attached hydrogen (secondary N) is 1. The Kier molecular flexibility index (Phi) is 3.45. The van der Waals surface area contributed by atoms with Crippen molar-refractivity contribution in [3.8, 4) is 0 Å². The first-order valence-electron chi connectivity index (χ1n) is 3.97. The van der Waals surface area contributed by atoms with E-state index < -0.39 is 26.9 Å². The standard InChI is InChI=1S/C5H12N2O6S2/c8-5(9)6-15(12,13)7-1-3-14(10,11)4-2-7/h6,10-11H,1-4H2,(H,8,9). The molecular formula is C5H12N2O6S2. The quantitative estimate of drug-likeness (QED) is 0.533. The van der Waals surface area contributed by atoms with E-state index in [0.717, 1.165) is 4.31 Å². The first-order valence-corrected chi connectivity index (χ1v) is 7.30. The monoisotopic (exact) mass is 260 g/mol. The van der Waals surface area contributed by atoms with Crippen LogP contribution in [-0.4, -0.2) is 57.6 Å². The molecule has 8 nitrogen and oxygen atoms in total. The molecule has 15 heavy (non-hydrogen) atoms. The van der Waals surface area contributed by atoms with E-state index in [-0.39, 0.29) is 24.6 Å². The molecule has 0 aliphatic carbocycles. The summed E-state index contributed by atoms with van der Waals surface area (Å²) in [7, 11) is -6.74. The second-order valence-electron chi connectivity index (χ2n) is 3.02. The van der Waals surface area contributed by atoms with Crippen molar-refractivity contribution in [3.63, 3.8) is 0 Å². The van der Waals surface area contributed by atoms with Crippen LogP contribution in [0.1, 0.15) is 0 Å². The molecule has 0 bridgehead atoms. The Bertz CT molecular complexity index is 343. The van der Waals surface area contributed by atoms with Gasteiger partial charge in [0, 0.05) is 13.1 Å². The molecule has 0 radical (unpaired) electrons. The van der Waals surface area contributed by atoms with Gasteiger partial charge in [-0.05, 0) is 0 Å². The molecule has 1 fully saturated rings. The molecule has 90 valence electrons. The highest BCUT2D eigenvalue weighted by Crippen LogP contribution is 2.40. The van der Waals surface area contributed by atoms with E-state index in [1.54, 1.807) is 0 Å². The Hall–Kier alpha value is -0.550. The predicted molar refractivity (Wildman–Crippen MR) is 54.2 cm³/mol.